The third-order valence-corrected chi connectivity index (χ3v) is 5.75. The van der Waals surface area contributed by atoms with E-state index in [0.717, 1.165) is 29.4 Å². The Hall–Kier alpha value is -1.92. The maximum Gasteiger partial charge on any atom is 0.276 e. The van der Waals surface area contributed by atoms with Gasteiger partial charge in [-0.25, -0.2) is 0 Å². The van der Waals surface area contributed by atoms with E-state index in [9.17, 15) is 4.79 Å². The molecule has 2 aromatic heterocycles. The second-order valence-corrected chi connectivity index (χ2v) is 7.65. The molecule has 1 atom stereocenters. The van der Waals surface area contributed by atoms with Gasteiger partial charge in [-0.2, -0.15) is 0 Å². The molecule has 0 radical (unpaired) electrons. The van der Waals surface area contributed by atoms with Crippen LogP contribution in [0.1, 0.15) is 34.2 Å². The van der Waals surface area contributed by atoms with Crippen LogP contribution in [0.25, 0.3) is 11.3 Å². The summed E-state index contributed by atoms with van der Waals surface area (Å²) >= 11 is 5.11. The third-order valence-electron chi connectivity index (χ3n) is 4.24. The molecule has 3 heterocycles. The predicted molar refractivity (Wildman–Crippen MR) is 97.0 cm³/mol. The summed E-state index contributed by atoms with van der Waals surface area (Å²) in [6.45, 7) is 0.766. The van der Waals surface area contributed by atoms with Gasteiger partial charge >= 0.3 is 0 Å². The summed E-state index contributed by atoms with van der Waals surface area (Å²) in [6, 6.07) is 13.8. The molecule has 24 heavy (non-hydrogen) atoms. The number of likely N-dealkylation sites (tertiary alicyclic amines) is 1. The number of halogens is 1. The van der Waals surface area contributed by atoms with Crippen LogP contribution in [0.5, 0.6) is 0 Å². The molecule has 0 aliphatic carbocycles. The van der Waals surface area contributed by atoms with Crippen molar-refractivity contribution in [2.24, 2.45) is 0 Å². The van der Waals surface area contributed by atoms with Crippen molar-refractivity contribution in [3.63, 3.8) is 0 Å². The summed E-state index contributed by atoms with van der Waals surface area (Å²) < 4.78 is 6.39. The summed E-state index contributed by atoms with van der Waals surface area (Å²) in [6.07, 6.45) is 2.02. The van der Waals surface area contributed by atoms with E-state index in [1.54, 1.807) is 17.4 Å². The summed E-state index contributed by atoms with van der Waals surface area (Å²) in [4.78, 5) is 16.0. The summed E-state index contributed by atoms with van der Waals surface area (Å²) in [5, 5.41) is 6.05. The minimum absolute atomic E-state index is 0.0574. The van der Waals surface area contributed by atoms with E-state index in [2.05, 4.69) is 32.5 Å². The number of thiophene rings is 1. The standard InChI is InChI=1S/C18H15BrN2O2S/c19-13-7-5-12(6-8-13)16-11-14(20-23-16)18(22)21-9-1-3-15(21)17-4-2-10-24-17/h2,4-8,10-11,15H,1,3,9H2/t15-/m0/s1. The number of hydrogen-bond acceptors (Lipinski definition) is 4. The number of rotatable bonds is 3. The highest BCUT2D eigenvalue weighted by Crippen LogP contribution is 2.35. The van der Waals surface area contributed by atoms with Crippen molar-refractivity contribution in [1.29, 1.82) is 0 Å². The van der Waals surface area contributed by atoms with Gasteiger partial charge in [-0.1, -0.05) is 39.3 Å². The Balaban J connectivity index is 1.57. The van der Waals surface area contributed by atoms with E-state index >= 15 is 0 Å². The fourth-order valence-corrected chi connectivity index (χ4v) is 4.20. The maximum absolute atomic E-state index is 12.9. The van der Waals surface area contributed by atoms with Gasteiger partial charge in [0, 0.05) is 27.5 Å². The third kappa shape index (κ3) is 2.91. The smallest absolute Gasteiger partial charge is 0.276 e. The van der Waals surface area contributed by atoms with E-state index < -0.39 is 0 Å². The normalized spacial score (nSPS) is 17.4. The van der Waals surface area contributed by atoms with Crippen LogP contribution < -0.4 is 0 Å². The Morgan fingerprint density at radius 2 is 2.12 bits per heavy atom. The summed E-state index contributed by atoms with van der Waals surface area (Å²) in [5.41, 5.74) is 1.28. The van der Waals surface area contributed by atoms with Gasteiger partial charge in [0.05, 0.1) is 6.04 Å². The molecule has 1 saturated heterocycles. The second kappa shape index (κ2) is 6.53. The molecule has 3 aromatic rings. The quantitative estimate of drug-likeness (QED) is 0.608. The molecule has 0 N–H and O–H groups in total. The zero-order valence-corrected chi connectivity index (χ0v) is 15.2. The van der Waals surface area contributed by atoms with Gasteiger partial charge in [-0.05, 0) is 36.4 Å². The minimum Gasteiger partial charge on any atom is -0.355 e. The van der Waals surface area contributed by atoms with Crippen LogP contribution >= 0.6 is 27.3 Å². The molecule has 1 aromatic carbocycles. The molecular weight excluding hydrogens is 388 g/mol. The van der Waals surface area contributed by atoms with Gasteiger partial charge in [0.25, 0.3) is 5.91 Å². The van der Waals surface area contributed by atoms with Crippen LogP contribution in [0.3, 0.4) is 0 Å². The van der Waals surface area contributed by atoms with Crippen molar-refractivity contribution < 1.29 is 9.32 Å². The molecule has 4 nitrogen and oxygen atoms in total. The van der Waals surface area contributed by atoms with Crippen LogP contribution in [0, 0.1) is 0 Å². The van der Waals surface area contributed by atoms with Crippen molar-refractivity contribution in [2.45, 2.75) is 18.9 Å². The molecule has 1 aliphatic heterocycles. The van der Waals surface area contributed by atoms with E-state index in [4.69, 9.17) is 4.52 Å². The summed E-state index contributed by atoms with van der Waals surface area (Å²) in [7, 11) is 0. The van der Waals surface area contributed by atoms with Gasteiger partial charge < -0.3 is 9.42 Å². The summed E-state index contributed by atoms with van der Waals surface area (Å²) in [5.74, 6) is 0.552. The SMILES string of the molecule is O=C(c1cc(-c2ccc(Br)cc2)on1)N1CCC[C@H]1c1cccs1. The van der Waals surface area contributed by atoms with Gasteiger partial charge in [0.15, 0.2) is 11.5 Å². The highest BCUT2D eigenvalue weighted by Gasteiger charge is 2.32. The van der Waals surface area contributed by atoms with Crippen molar-refractivity contribution in [1.82, 2.24) is 10.1 Å². The molecule has 6 heteroatoms. The van der Waals surface area contributed by atoms with Crippen molar-refractivity contribution in [2.75, 3.05) is 6.54 Å². The molecule has 1 fully saturated rings. The first kappa shape index (κ1) is 15.6. The zero-order chi connectivity index (χ0) is 16.5. The maximum atomic E-state index is 12.9. The highest BCUT2D eigenvalue weighted by atomic mass is 79.9. The lowest BCUT2D eigenvalue weighted by Crippen LogP contribution is -2.30. The Bertz CT molecular complexity index is 842. The van der Waals surface area contributed by atoms with Gasteiger partial charge in [-0.3, -0.25) is 4.79 Å². The van der Waals surface area contributed by atoms with Crippen LogP contribution in [-0.4, -0.2) is 22.5 Å². The number of benzene rings is 1. The first-order valence-electron chi connectivity index (χ1n) is 7.79. The Morgan fingerprint density at radius 1 is 1.29 bits per heavy atom. The van der Waals surface area contributed by atoms with E-state index in [1.165, 1.54) is 4.88 Å². The average Bonchev–Trinajstić information content (AvgIpc) is 3.34. The Labute approximate surface area is 152 Å². The number of hydrogen-bond donors (Lipinski definition) is 0. The van der Waals surface area contributed by atoms with Crippen molar-refractivity contribution >= 4 is 33.2 Å². The van der Waals surface area contributed by atoms with E-state index in [0.29, 0.717) is 11.5 Å². The number of nitrogens with zero attached hydrogens (tertiary/aromatic N) is 2. The topological polar surface area (TPSA) is 46.3 Å². The molecular formula is C18H15BrN2O2S. The largest absolute Gasteiger partial charge is 0.355 e. The number of carbonyl (C=O) groups excluding carboxylic acids is 1. The van der Waals surface area contributed by atoms with Crippen LogP contribution in [0.4, 0.5) is 0 Å². The first-order chi connectivity index (χ1) is 11.7. The second-order valence-electron chi connectivity index (χ2n) is 5.76. The van der Waals surface area contributed by atoms with Crippen LogP contribution in [-0.2, 0) is 0 Å². The highest BCUT2D eigenvalue weighted by molar-refractivity contribution is 9.10. The van der Waals surface area contributed by atoms with Gasteiger partial charge in [0.2, 0.25) is 0 Å². The number of aromatic nitrogens is 1. The molecule has 0 unspecified atom stereocenters. The lowest BCUT2D eigenvalue weighted by atomic mass is 10.1. The van der Waals surface area contributed by atoms with Crippen molar-refractivity contribution in [3.05, 3.63) is 62.9 Å². The molecule has 122 valence electrons. The van der Waals surface area contributed by atoms with E-state index in [1.807, 2.05) is 35.2 Å². The van der Waals surface area contributed by atoms with E-state index in [-0.39, 0.29) is 11.9 Å². The average molecular weight is 403 g/mol. The monoisotopic (exact) mass is 402 g/mol. The van der Waals surface area contributed by atoms with Gasteiger partial charge in [-0.15, -0.1) is 11.3 Å². The minimum atomic E-state index is -0.0574. The molecule has 0 spiro atoms. The predicted octanol–water partition coefficient (Wildman–Crippen LogP) is 5.14. The molecule has 1 aliphatic rings. The molecule has 4 rings (SSSR count). The molecule has 0 saturated carbocycles. The first-order valence-corrected chi connectivity index (χ1v) is 9.46. The van der Waals surface area contributed by atoms with Crippen LogP contribution in [0.2, 0.25) is 0 Å². The lowest BCUT2D eigenvalue weighted by molar-refractivity contribution is 0.0727. The number of carbonyl (C=O) groups is 1. The zero-order valence-electron chi connectivity index (χ0n) is 12.8. The van der Waals surface area contributed by atoms with Crippen molar-refractivity contribution in [3.8, 4) is 11.3 Å². The number of amides is 1. The van der Waals surface area contributed by atoms with Gasteiger partial charge in [0.1, 0.15) is 0 Å². The van der Waals surface area contributed by atoms with Crippen LogP contribution in [0.15, 0.2) is 56.8 Å². The molecule has 1 amide bonds. The Morgan fingerprint density at radius 3 is 2.88 bits per heavy atom. The Kier molecular flexibility index (Phi) is 4.24. The lowest BCUT2D eigenvalue weighted by Gasteiger charge is -2.22. The fourth-order valence-electron chi connectivity index (χ4n) is 3.06. The molecule has 0 bridgehead atoms. The fraction of sp³-hybridized carbons (Fsp3) is 0.222.